The normalized spacial score (nSPS) is 12.7. The average molecular weight is 276 g/mol. The minimum Gasteiger partial charge on any atom is -0.481 e. The third-order valence-corrected chi connectivity index (χ3v) is 2.72. The van der Waals surface area contributed by atoms with Crippen molar-refractivity contribution in [1.82, 2.24) is 5.43 Å². The van der Waals surface area contributed by atoms with E-state index in [9.17, 15) is 4.79 Å². The van der Waals surface area contributed by atoms with Crippen LogP contribution >= 0.6 is 0 Å². The first-order valence-electron chi connectivity index (χ1n) is 6.95. The van der Waals surface area contributed by atoms with E-state index in [0.717, 1.165) is 17.5 Å². The van der Waals surface area contributed by atoms with Gasteiger partial charge in [0.1, 0.15) is 5.75 Å². The summed E-state index contributed by atoms with van der Waals surface area (Å²) in [4.78, 5) is 11.8. The van der Waals surface area contributed by atoms with Crippen LogP contribution in [0.5, 0.6) is 5.75 Å². The molecule has 4 nitrogen and oxygen atoms in total. The second-order valence-corrected chi connectivity index (χ2v) is 5.50. The zero-order chi connectivity index (χ0) is 15.1. The first-order chi connectivity index (χ1) is 9.38. The summed E-state index contributed by atoms with van der Waals surface area (Å²) in [5, 5.41) is 3.90. The van der Waals surface area contributed by atoms with E-state index >= 15 is 0 Å². The molecule has 0 aromatic heterocycles. The molecule has 0 spiro atoms. The number of rotatable bonds is 6. The highest BCUT2D eigenvalue weighted by atomic mass is 16.5. The zero-order valence-electron chi connectivity index (χ0n) is 12.9. The van der Waals surface area contributed by atoms with Gasteiger partial charge in [0, 0.05) is 6.21 Å². The van der Waals surface area contributed by atoms with Crippen LogP contribution in [0.25, 0.3) is 0 Å². The summed E-state index contributed by atoms with van der Waals surface area (Å²) in [7, 11) is 0. The lowest BCUT2D eigenvalue weighted by molar-refractivity contribution is -0.127. The fourth-order valence-electron chi connectivity index (χ4n) is 1.72. The van der Waals surface area contributed by atoms with Gasteiger partial charge in [-0.3, -0.25) is 4.79 Å². The van der Waals surface area contributed by atoms with Gasteiger partial charge in [0.25, 0.3) is 5.91 Å². The monoisotopic (exact) mass is 276 g/mol. The molecule has 1 atom stereocenters. The van der Waals surface area contributed by atoms with Crippen LogP contribution in [0.15, 0.2) is 23.3 Å². The summed E-state index contributed by atoms with van der Waals surface area (Å²) in [6, 6.07) is 5.89. The molecular formula is C16H24N2O2. The van der Waals surface area contributed by atoms with E-state index in [0.29, 0.717) is 11.7 Å². The van der Waals surface area contributed by atoms with Crippen molar-refractivity contribution in [3.8, 4) is 5.75 Å². The maximum absolute atomic E-state index is 11.8. The van der Waals surface area contributed by atoms with Crippen LogP contribution in [0.3, 0.4) is 0 Å². The molecule has 1 N–H and O–H groups in total. The Hall–Kier alpha value is -1.84. The quantitative estimate of drug-likeness (QED) is 0.640. The highest BCUT2D eigenvalue weighted by Crippen LogP contribution is 2.17. The van der Waals surface area contributed by atoms with Crippen LogP contribution in [0.1, 0.15) is 38.3 Å². The molecule has 4 heteroatoms. The lowest BCUT2D eigenvalue weighted by Gasteiger charge is -2.14. The van der Waals surface area contributed by atoms with E-state index in [1.807, 2.05) is 26.0 Å². The van der Waals surface area contributed by atoms with Gasteiger partial charge in [0.2, 0.25) is 0 Å². The van der Waals surface area contributed by atoms with Gasteiger partial charge in [0.15, 0.2) is 6.10 Å². The Kier molecular flexibility index (Phi) is 6.22. The molecule has 0 heterocycles. The van der Waals surface area contributed by atoms with Crippen LogP contribution in [-0.4, -0.2) is 18.2 Å². The number of hydrogen-bond donors (Lipinski definition) is 1. The van der Waals surface area contributed by atoms with Gasteiger partial charge in [0.05, 0.1) is 0 Å². The summed E-state index contributed by atoms with van der Waals surface area (Å²) in [6.07, 6.45) is 1.98. The Morgan fingerprint density at radius 1 is 1.25 bits per heavy atom. The predicted molar refractivity (Wildman–Crippen MR) is 82.1 cm³/mol. The summed E-state index contributed by atoms with van der Waals surface area (Å²) in [5.74, 6) is 0.986. The molecule has 0 unspecified atom stereocenters. The van der Waals surface area contributed by atoms with Gasteiger partial charge < -0.3 is 4.74 Å². The van der Waals surface area contributed by atoms with Crippen molar-refractivity contribution in [1.29, 1.82) is 0 Å². The maximum Gasteiger partial charge on any atom is 0.280 e. The molecule has 1 rings (SSSR count). The van der Waals surface area contributed by atoms with E-state index in [1.165, 1.54) is 0 Å². The molecule has 0 bridgehead atoms. The number of nitrogens with one attached hydrogen (secondary N) is 1. The number of hydrogen-bond acceptors (Lipinski definition) is 3. The first kappa shape index (κ1) is 16.2. The highest BCUT2D eigenvalue weighted by molar-refractivity contribution is 5.81. The fourth-order valence-corrected chi connectivity index (χ4v) is 1.72. The Morgan fingerprint density at radius 2 is 1.85 bits per heavy atom. The predicted octanol–water partition coefficient (Wildman–Crippen LogP) is 3.22. The molecule has 20 heavy (non-hydrogen) atoms. The third kappa shape index (κ3) is 5.87. The summed E-state index contributed by atoms with van der Waals surface area (Å²) < 4.78 is 5.63. The van der Waals surface area contributed by atoms with Gasteiger partial charge in [-0.25, -0.2) is 5.43 Å². The van der Waals surface area contributed by atoms with Crippen molar-refractivity contribution in [2.75, 3.05) is 0 Å². The number of carbonyl (C=O) groups excluding carboxylic acids is 1. The summed E-state index contributed by atoms with van der Waals surface area (Å²) in [5.41, 5.74) is 4.72. The van der Waals surface area contributed by atoms with E-state index in [4.69, 9.17) is 4.74 Å². The molecular weight excluding hydrogens is 252 g/mol. The molecule has 0 saturated heterocycles. The zero-order valence-corrected chi connectivity index (χ0v) is 12.9. The van der Waals surface area contributed by atoms with E-state index in [1.54, 1.807) is 13.1 Å². The maximum atomic E-state index is 11.8. The van der Waals surface area contributed by atoms with Crippen molar-refractivity contribution in [3.05, 3.63) is 29.3 Å². The van der Waals surface area contributed by atoms with Crippen LogP contribution < -0.4 is 10.2 Å². The molecule has 0 saturated carbocycles. The Morgan fingerprint density at radius 3 is 2.40 bits per heavy atom. The van der Waals surface area contributed by atoms with Crippen LogP contribution in [0.2, 0.25) is 0 Å². The minimum absolute atomic E-state index is 0.246. The molecule has 0 radical (unpaired) electrons. The van der Waals surface area contributed by atoms with E-state index < -0.39 is 6.10 Å². The van der Waals surface area contributed by atoms with Crippen LogP contribution in [-0.2, 0) is 4.79 Å². The minimum atomic E-state index is -0.576. The van der Waals surface area contributed by atoms with E-state index in [-0.39, 0.29) is 5.91 Å². The molecule has 0 fully saturated rings. The smallest absolute Gasteiger partial charge is 0.280 e. The molecule has 0 aliphatic carbocycles. The number of nitrogens with zero attached hydrogens (tertiary/aromatic N) is 1. The fraction of sp³-hybridized carbons (Fsp3) is 0.500. The van der Waals surface area contributed by atoms with Crippen molar-refractivity contribution >= 4 is 12.1 Å². The second-order valence-electron chi connectivity index (χ2n) is 5.50. The van der Waals surface area contributed by atoms with Crippen LogP contribution in [0.4, 0.5) is 0 Å². The summed E-state index contributed by atoms with van der Waals surface area (Å²) >= 11 is 0. The van der Waals surface area contributed by atoms with Gasteiger partial charge in [-0.2, -0.15) is 5.10 Å². The second kappa shape index (κ2) is 7.68. The number of amides is 1. The van der Waals surface area contributed by atoms with Crippen molar-refractivity contribution in [2.24, 2.45) is 11.0 Å². The third-order valence-electron chi connectivity index (χ3n) is 2.72. The molecule has 1 aromatic rings. The summed E-state index contributed by atoms with van der Waals surface area (Å²) in [6.45, 7) is 9.91. The molecule has 0 aliphatic heterocycles. The molecule has 110 valence electrons. The topological polar surface area (TPSA) is 50.7 Å². The highest BCUT2D eigenvalue weighted by Gasteiger charge is 2.14. The molecule has 1 amide bonds. The van der Waals surface area contributed by atoms with Crippen molar-refractivity contribution in [2.45, 2.75) is 47.1 Å². The van der Waals surface area contributed by atoms with Crippen molar-refractivity contribution in [3.63, 3.8) is 0 Å². The van der Waals surface area contributed by atoms with E-state index in [2.05, 4.69) is 30.4 Å². The lowest BCUT2D eigenvalue weighted by atomic mass is 10.1. The SMILES string of the molecule is Cc1cc(C)cc(O[C@@H](C)C(=O)N/N=C\CC(C)C)c1. The largest absolute Gasteiger partial charge is 0.481 e. The standard InChI is InChI=1S/C16H24N2O2/c1-11(2)6-7-17-18-16(19)14(5)20-15-9-12(3)8-13(4)10-15/h7-11,14H,6H2,1-5H3,(H,18,19)/b17-7-/t14-/m0/s1. The average Bonchev–Trinajstić information content (AvgIpc) is 2.32. The Labute approximate surface area is 121 Å². The Balaban J connectivity index is 2.51. The van der Waals surface area contributed by atoms with Crippen molar-refractivity contribution < 1.29 is 9.53 Å². The van der Waals surface area contributed by atoms with Crippen LogP contribution in [0, 0.1) is 19.8 Å². The lowest BCUT2D eigenvalue weighted by Crippen LogP contribution is -2.33. The van der Waals surface area contributed by atoms with Gasteiger partial charge in [-0.15, -0.1) is 0 Å². The number of ether oxygens (including phenoxy) is 1. The van der Waals surface area contributed by atoms with Gasteiger partial charge >= 0.3 is 0 Å². The van der Waals surface area contributed by atoms with Gasteiger partial charge in [-0.1, -0.05) is 19.9 Å². The number of benzene rings is 1. The number of carbonyl (C=O) groups is 1. The Bertz CT molecular complexity index is 461. The molecule has 0 aliphatic rings. The first-order valence-corrected chi connectivity index (χ1v) is 6.95. The van der Waals surface area contributed by atoms with Gasteiger partial charge in [-0.05, 0) is 56.4 Å². The number of hydrazone groups is 1. The molecule has 1 aromatic carbocycles. The number of aryl methyl sites for hydroxylation is 2.